The fourth-order valence-electron chi connectivity index (χ4n) is 2.80. The van der Waals surface area contributed by atoms with Crippen LogP contribution in [0.3, 0.4) is 0 Å². The Balaban J connectivity index is 2.05. The molecule has 126 valence electrons. The van der Waals surface area contributed by atoms with Crippen molar-refractivity contribution in [3.63, 3.8) is 0 Å². The van der Waals surface area contributed by atoms with Crippen molar-refractivity contribution >= 4 is 17.5 Å². The van der Waals surface area contributed by atoms with Crippen molar-refractivity contribution in [1.29, 1.82) is 0 Å². The molecule has 0 bridgehead atoms. The van der Waals surface area contributed by atoms with E-state index in [-0.39, 0.29) is 0 Å². The van der Waals surface area contributed by atoms with Gasteiger partial charge < -0.3 is 4.90 Å². The van der Waals surface area contributed by atoms with Crippen LogP contribution in [0.2, 0.25) is 0 Å². The Morgan fingerprint density at radius 3 is 1.60 bits per heavy atom. The van der Waals surface area contributed by atoms with Gasteiger partial charge in [-0.3, -0.25) is 0 Å². The van der Waals surface area contributed by atoms with Gasteiger partial charge in [-0.15, -0.1) is 0 Å². The summed E-state index contributed by atoms with van der Waals surface area (Å²) in [5.41, 5.74) is 8.79. The SMILES string of the molecule is Cc1ccc(N(C=Cc2ccccc2)c2ccc(C)c(C)c2)cc1C. The summed E-state index contributed by atoms with van der Waals surface area (Å²) in [5, 5.41) is 0. The molecule has 0 saturated heterocycles. The number of anilines is 2. The zero-order chi connectivity index (χ0) is 17.8. The number of aryl methyl sites for hydroxylation is 4. The van der Waals surface area contributed by atoms with E-state index in [0.717, 1.165) is 0 Å². The van der Waals surface area contributed by atoms with E-state index in [1.54, 1.807) is 0 Å². The van der Waals surface area contributed by atoms with E-state index in [9.17, 15) is 0 Å². The molecule has 0 aliphatic carbocycles. The minimum atomic E-state index is 1.18. The Bertz CT molecular complexity index is 840. The molecule has 0 aliphatic rings. The zero-order valence-corrected chi connectivity index (χ0v) is 15.5. The summed E-state index contributed by atoms with van der Waals surface area (Å²) in [6.45, 7) is 8.63. The van der Waals surface area contributed by atoms with Crippen LogP contribution in [-0.4, -0.2) is 0 Å². The Labute approximate surface area is 151 Å². The highest BCUT2D eigenvalue weighted by molar-refractivity contribution is 5.71. The lowest BCUT2D eigenvalue weighted by Crippen LogP contribution is -2.09. The van der Waals surface area contributed by atoms with E-state index in [0.29, 0.717) is 0 Å². The van der Waals surface area contributed by atoms with Crippen LogP contribution in [0, 0.1) is 27.7 Å². The molecule has 0 heterocycles. The van der Waals surface area contributed by atoms with Crippen LogP contribution in [0.5, 0.6) is 0 Å². The van der Waals surface area contributed by atoms with Crippen LogP contribution in [0.25, 0.3) is 6.08 Å². The molecule has 1 nitrogen and oxygen atoms in total. The van der Waals surface area contributed by atoms with Crippen molar-refractivity contribution in [3.8, 4) is 0 Å². The quantitative estimate of drug-likeness (QED) is 0.513. The van der Waals surface area contributed by atoms with Gasteiger partial charge in [0.15, 0.2) is 0 Å². The van der Waals surface area contributed by atoms with Gasteiger partial charge in [0, 0.05) is 17.6 Å². The summed E-state index contributed by atoms with van der Waals surface area (Å²) >= 11 is 0. The van der Waals surface area contributed by atoms with Crippen LogP contribution in [0.15, 0.2) is 72.9 Å². The molecule has 0 unspecified atom stereocenters. The molecule has 3 aromatic rings. The standard InChI is InChI=1S/C24H25N/c1-18-10-12-23(16-20(18)3)25(15-14-22-8-6-5-7-9-22)24-13-11-19(2)21(4)17-24/h5-17H,1-4H3. The second kappa shape index (κ2) is 7.40. The van der Waals surface area contributed by atoms with Gasteiger partial charge in [0.05, 0.1) is 0 Å². The molecule has 25 heavy (non-hydrogen) atoms. The molecule has 3 rings (SSSR count). The second-order valence-corrected chi connectivity index (χ2v) is 6.63. The first kappa shape index (κ1) is 17.0. The van der Waals surface area contributed by atoms with E-state index < -0.39 is 0 Å². The highest BCUT2D eigenvalue weighted by Crippen LogP contribution is 2.29. The Morgan fingerprint density at radius 1 is 0.600 bits per heavy atom. The van der Waals surface area contributed by atoms with Gasteiger partial charge in [-0.2, -0.15) is 0 Å². The Morgan fingerprint density at radius 2 is 1.12 bits per heavy atom. The predicted molar refractivity (Wildman–Crippen MR) is 109 cm³/mol. The smallest absolute Gasteiger partial charge is 0.0458 e. The van der Waals surface area contributed by atoms with Gasteiger partial charge in [0.25, 0.3) is 0 Å². The third-order valence-electron chi connectivity index (χ3n) is 4.75. The van der Waals surface area contributed by atoms with Crippen molar-refractivity contribution in [2.75, 3.05) is 4.90 Å². The minimum absolute atomic E-state index is 1.18. The lowest BCUT2D eigenvalue weighted by Gasteiger charge is -2.23. The predicted octanol–water partition coefficient (Wildman–Crippen LogP) is 6.73. The van der Waals surface area contributed by atoms with Crippen molar-refractivity contribution in [1.82, 2.24) is 0 Å². The molecular formula is C24H25N. The maximum absolute atomic E-state index is 2.26. The van der Waals surface area contributed by atoms with E-state index in [4.69, 9.17) is 0 Å². The second-order valence-electron chi connectivity index (χ2n) is 6.63. The van der Waals surface area contributed by atoms with Gasteiger partial charge in [-0.1, -0.05) is 42.5 Å². The van der Waals surface area contributed by atoms with Gasteiger partial charge in [-0.05, 0) is 85.9 Å². The average molecular weight is 327 g/mol. The molecule has 0 N–H and O–H groups in total. The maximum Gasteiger partial charge on any atom is 0.0458 e. The molecule has 0 aliphatic heterocycles. The first-order valence-corrected chi connectivity index (χ1v) is 8.71. The highest BCUT2D eigenvalue weighted by atomic mass is 15.1. The molecule has 0 saturated carbocycles. The fraction of sp³-hybridized carbons (Fsp3) is 0.167. The van der Waals surface area contributed by atoms with E-state index >= 15 is 0 Å². The summed E-state index contributed by atoms with van der Waals surface area (Å²) in [4.78, 5) is 2.26. The first-order chi connectivity index (χ1) is 12.0. The Kier molecular flexibility index (Phi) is 5.04. The van der Waals surface area contributed by atoms with Gasteiger partial charge >= 0.3 is 0 Å². The van der Waals surface area contributed by atoms with E-state index in [1.165, 1.54) is 39.2 Å². The minimum Gasteiger partial charge on any atom is -0.317 e. The third-order valence-corrected chi connectivity index (χ3v) is 4.75. The summed E-state index contributed by atoms with van der Waals surface area (Å²) in [5.74, 6) is 0. The molecule has 0 aromatic heterocycles. The van der Waals surface area contributed by atoms with Crippen LogP contribution < -0.4 is 4.90 Å². The van der Waals surface area contributed by atoms with Crippen LogP contribution in [0.1, 0.15) is 27.8 Å². The summed E-state index contributed by atoms with van der Waals surface area (Å²) < 4.78 is 0. The lowest BCUT2D eigenvalue weighted by atomic mass is 10.1. The molecule has 0 fully saturated rings. The summed E-state index contributed by atoms with van der Waals surface area (Å²) in [6, 6.07) is 23.7. The molecule has 0 radical (unpaired) electrons. The van der Waals surface area contributed by atoms with Crippen LogP contribution in [0.4, 0.5) is 11.4 Å². The first-order valence-electron chi connectivity index (χ1n) is 8.71. The van der Waals surface area contributed by atoms with Crippen molar-refractivity contribution in [2.45, 2.75) is 27.7 Å². The number of benzene rings is 3. The lowest BCUT2D eigenvalue weighted by molar-refractivity contribution is 1.23. The monoisotopic (exact) mass is 327 g/mol. The van der Waals surface area contributed by atoms with Crippen molar-refractivity contribution < 1.29 is 0 Å². The highest BCUT2D eigenvalue weighted by Gasteiger charge is 2.08. The Hall–Kier alpha value is -2.80. The normalized spacial score (nSPS) is 11.0. The zero-order valence-electron chi connectivity index (χ0n) is 15.5. The molecule has 1 heteroatoms. The van der Waals surface area contributed by atoms with Crippen molar-refractivity contribution in [2.24, 2.45) is 0 Å². The number of rotatable bonds is 4. The third kappa shape index (κ3) is 4.00. The molecule has 0 atom stereocenters. The molecular weight excluding hydrogens is 302 g/mol. The van der Waals surface area contributed by atoms with Gasteiger partial charge in [0.1, 0.15) is 0 Å². The van der Waals surface area contributed by atoms with Crippen LogP contribution >= 0.6 is 0 Å². The van der Waals surface area contributed by atoms with Crippen molar-refractivity contribution in [3.05, 3.63) is 101 Å². The number of nitrogens with zero attached hydrogens (tertiary/aromatic N) is 1. The average Bonchev–Trinajstić information content (AvgIpc) is 2.62. The van der Waals surface area contributed by atoms with Gasteiger partial charge in [0.2, 0.25) is 0 Å². The van der Waals surface area contributed by atoms with Crippen LogP contribution in [-0.2, 0) is 0 Å². The van der Waals surface area contributed by atoms with E-state index in [1.807, 2.05) is 6.07 Å². The van der Waals surface area contributed by atoms with Gasteiger partial charge in [-0.25, -0.2) is 0 Å². The molecule has 3 aromatic carbocycles. The van der Waals surface area contributed by atoms with E-state index in [2.05, 4.69) is 106 Å². The summed E-state index contributed by atoms with van der Waals surface area (Å²) in [6.07, 6.45) is 4.31. The summed E-state index contributed by atoms with van der Waals surface area (Å²) in [7, 11) is 0. The molecule has 0 spiro atoms. The topological polar surface area (TPSA) is 3.24 Å². The fourth-order valence-corrected chi connectivity index (χ4v) is 2.80. The number of hydrogen-bond acceptors (Lipinski definition) is 1. The maximum atomic E-state index is 2.26. The number of hydrogen-bond donors (Lipinski definition) is 0. The molecule has 0 amide bonds. The largest absolute Gasteiger partial charge is 0.317 e.